The van der Waals surface area contributed by atoms with Crippen molar-refractivity contribution in [2.75, 3.05) is 0 Å². The van der Waals surface area contributed by atoms with Crippen LogP contribution in [0.15, 0.2) is 0 Å². The smallest absolute Gasteiger partial charge is 0.0985 e. The van der Waals surface area contributed by atoms with Gasteiger partial charge in [0.25, 0.3) is 0 Å². The number of nitrogens with two attached hydrogens (primary N) is 1. The van der Waals surface area contributed by atoms with Gasteiger partial charge in [0.15, 0.2) is 0 Å². The van der Waals surface area contributed by atoms with E-state index in [4.69, 9.17) is 5.40 Å². The minimum absolute atomic E-state index is 0.789. The maximum Gasteiger partial charge on any atom is 0.0985 e. The number of hydrogen-bond acceptors (Lipinski definition) is 1. The first kappa shape index (κ1) is 9.39. The van der Waals surface area contributed by atoms with Crippen LogP contribution in [0.25, 0.3) is 0 Å². The molecular weight excluding hydrogens is 142 g/mol. The van der Waals surface area contributed by atoms with Crippen LogP contribution in [0, 0.1) is 0 Å². The Hall–Kier alpha value is 0.394. The van der Waals surface area contributed by atoms with Crippen LogP contribution in [0.2, 0.25) is 25.2 Å². The van der Waals surface area contributed by atoms with Crippen molar-refractivity contribution in [1.29, 1.82) is 0 Å². The fourth-order valence-electron chi connectivity index (χ4n) is 1.00. The Labute approximate surface area is 61.1 Å². The van der Waals surface area contributed by atoms with Gasteiger partial charge in [0, 0.05) is 0 Å². The van der Waals surface area contributed by atoms with Gasteiger partial charge < -0.3 is 5.40 Å². The fourth-order valence-corrected chi connectivity index (χ4v) is 9.00. The van der Waals surface area contributed by atoms with Gasteiger partial charge in [0.1, 0.15) is 0 Å². The third kappa shape index (κ3) is 3.18. The van der Waals surface area contributed by atoms with Gasteiger partial charge in [-0.15, -0.1) is 0 Å². The molecule has 0 saturated heterocycles. The summed E-state index contributed by atoms with van der Waals surface area (Å²) >= 11 is 0. The molecule has 1 nitrogen and oxygen atoms in total. The Kier molecular flexibility index (Phi) is 3.12. The molecule has 0 aromatic rings. The van der Waals surface area contributed by atoms with Crippen LogP contribution in [-0.2, 0) is 0 Å². The first-order chi connectivity index (χ1) is 3.85. The normalized spacial score (nSPS) is 16.3. The predicted octanol–water partition coefficient (Wildman–Crippen LogP) is 1.50. The van der Waals surface area contributed by atoms with Crippen LogP contribution < -0.4 is 5.40 Å². The molecule has 0 aromatic carbocycles. The molecule has 1 unspecified atom stereocenters. The fraction of sp³-hybridized carbons (Fsp3) is 1.00. The third-order valence-electron chi connectivity index (χ3n) is 1.72. The van der Waals surface area contributed by atoms with Gasteiger partial charge in [0.2, 0.25) is 0 Å². The lowest BCUT2D eigenvalue weighted by Gasteiger charge is -2.26. The molecule has 1 atom stereocenters. The average Bonchev–Trinajstić information content (AvgIpc) is 1.62. The maximum atomic E-state index is 6.09. The zero-order valence-electron chi connectivity index (χ0n) is 7.23. The van der Waals surface area contributed by atoms with Gasteiger partial charge in [-0.2, -0.15) is 0 Å². The molecule has 56 valence electrons. The van der Waals surface area contributed by atoms with Crippen molar-refractivity contribution in [3.05, 3.63) is 0 Å². The average molecular weight is 161 g/mol. The lowest BCUT2D eigenvalue weighted by molar-refractivity contribution is 1.04. The molecule has 0 radical (unpaired) electrons. The Balaban J connectivity index is 3.88. The van der Waals surface area contributed by atoms with Crippen LogP contribution >= 0.6 is 0 Å². The summed E-state index contributed by atoms with van der Waals surface area (Å²) in [6, 6.07) is 0. The Morgan fingerprint density at radius 2 is 1.56 bits per heavy atom. The number of hydrogen-bond donors (Lipinski definition) is 1. The molecule has 0 bridgehead atoms. The SMILES string of the molecule is CC(C)[SiH](N)[Si](C)(C)C. The molecule has 0 amide bonds. The summed E-state index contributed by atoms with van der Waals surface area (Å²) in [5.41, 5.74) is 0.789. The van der Waals surface area contributed by atoms with Gasteiger partial charge in [-0.05, 0) is 5.54 Å². The molecule has 0 heterocycles. The first-order valence-corrected chi connectivity index (χ1v) is 10.3. The van der Waals surface area contributed by atoms with Crippen molar-refractivity contribution in [2.45, 2.75) is 39.0 Å². The minimum Gasteiger partial charge on any atom is -0.355 e. The summed E-state index contributed by atoms with van der Waals surface area (Å²) in [6.07, 6.45) is 0. The zero-order chi connectivity index (χ0) is 7.65. The largest absolute Gasteiger partial charge is 0.355 e. The third-order valence-corrected chi connectivity index (χ3v) is 13.2. The van der Waals surface area contributed by atoms with Crippen molar-refractivity contribution < 1.29 is 0 Å². The molecule has 0 fully saturated rings. The first-order valence-electron chi connectivity index (χ1n) is 3.61. The van der Waals surface area contributed by atoms with Crippen LogP contribution in [0.3, 0.4) is 0 Å². The highest BCUT2D eigenvalue weighted by atomic mass is 29.2. The molecular formula is C6H19NSi2. The Morgan fingerprint density at radius 1 is 1.22 bits per heavy atom. The van der Waals surface area contributed by atoms with Crippen molar-refractivity contribution in [3.8, 4) is 0 Å². The van der Waals surface area contributed by atoms with Gasteiger partial charge in [0.05, 0.1) is 16.1 Å². The van der Waals surface area contributed by atoms with E-state index in [9.17, 15) is 0 Å². The van der Waals surface area contributed by atoms with E-state index in [0.29, 0.717) is 0 Å². The second-order valence-electron chi connectivity index (χ2n) is 4.14. The second-order valence-corrected chi connectivity index (χ2v) is 18.4. The van der Waals surface area contributed by atoms with E-state index in [0.717, 1.165) is 5.54 Å². The quantitative estimate of drug-likeness (QED) is 0.610. The predicted molar refractivity (Wildman–Crippen MR) is 49.8 cm³/mol. The van der Waals surface area contributed by atoms with E-state index < -0.39 is 16.1 Å². The highest BCUT2D eigenvalue weighted by Crippen LogP contribution is 2.13. The van der Waals surface area contributed by atoms with E-state index in [-0.39, 0.29) is 0 Å². The van der Waals surface area contributed by atoms with Gasteiger partial charge >= 0.3 is 0 Å². The lowest BCUT2D eigenvalue weighted by atomic mass is 10.6. The summed E-state index contributed by atoms with van der Waals surface area (Å²) < 4.78 is 0. The molecule has 9 heavy (non-hydrogen) atoms. The Bertz CT molecular complexity index is 85.5. The summed E-state index contributed by atoms with van der Waals surface area (Å²) in [6.45, 7) is 11.7. The summed E-state index contributed by atoms with van der Waals surface area (Å²) in [7, 11) is -1.73. The van der Waals surface area contributed by atoms with Gasteiger partial charge in [-0.3, -0.25) is 0 Å². The van der Waals surface area contributed by atoms with E-state index in [1.807, 2.05) is 0 Å². The van der Waals surface area contributed by atoms with E-state index in [2.05, 4.69) is 33.5 Å². The molecule has 2 N–H and O–H groups in total. The maximum absolute atomic E-state index is 6.09. The molecule has 0 saturated carbocycles. The van der Waals surface area contributed by atoms with Crippen LogP contribution in [0.5, 0.6) is 0 Å². The monoisotopic (exact) mass is 161 g/mol. The summed E-state index contributed by atoms with van der Waals surface area (Å²) in [4.78, 5) is 0. The summed E-state index contributed by atoms with van der Waals surface area (Å²) in [5.74, 6) is 0. The van der Waals surface area contributed by atoms with Crippen molar-refractivity contribution >= 4 is 16.1 Å². The highest BCUT2D eigenvalue weighted by molar-refractivity contribution is 7.31. The van der Waals surface area contributed by atoms with Crippen LogP contribution in [-0.4, -0.2) is 16.1 Å². The van der Waals surface area contributed by atoms with Crippen LogP contribution in [0.1, 0.15) is 13.8 Å². The van der Waals surface area contributed by atoms with Crippen molar-refractivity contribution in [1.82, 2.24) is 0 Å². The highest BCUT2D eigenvalue weighted by Gasteiger charge is 2.26. The van der Waals surface area contributed by atoms with E-state index in [1.165, 1.54) is 0 Å². The molecule has 0 aliphatic rings. The second kappa shape index (κ2) is 2.99. The van der Waals surface area contributed by atoms with E-state index in [1.54, 1.807) is 0 Å². The van der Waals surface area contributed by atoms with Gasteiger partial charge in [-0.25, -0.2) is 0 Å². The molecule has 0 aliphatic heterocycles. The molecule has 0 spiro atoms. The van der Waals surface area contributed by atoms with E-state index >= 15 is 0 Å². The van der Waals surface area contributed by atoms with Crippen molar-refractivity contribution in [3.63, 3.8) is 0 Å². The topological polar surface area (TPSA) is 26.0 Å². The molecule has 0 aromatic heterocycles. The minimum atomic E-state index is -0.907. The van der Waals surface area contributed by atoms with Crippen molar-refractivity contribution in [2.24, 2.45) is 5.40 Å². The Morgan fingerprint density at radius 3 is 1.56 bits per heavy atom. The number of rotatable bonds is 2. The van der Waals surface area contributed by atoms with Gasteiger partial charge in [-0.1, -0.05) is 33.5 Å². The van der Waals surface area contributed by atoms with Crippen LogP contribution in [0.4, 0.5) is 0 Å². The summed E-state index contributed by atoms with van der Waals surface area (Å²) in [5, 5.41) is 6.09. The lowest BCUT2D eigenvalue weighted by Crippen LogP contribution is -2.52. The molecule has 0 aliphatic carbocycles. The zero-order valence-corrected chi connectivity index (χ0v) is 9.39. The standard InChI is InChI=1S/C6H19NSi2/c1-6(2)8(7)9(3,4)5/h6,8H,7H2,1-5H3. The molecule has 0 rings (SSSR count). The molecule has 3 heteroatoms.